The van der Waals surface area contributed by atoms with E-state index in [0.29, 0.717) is 12.3 Å². The molecule has 0 N–H and O–H groups in total. The van der Waals surface area contributed by atoms with E-state index in [0.717, 1.165) is 23.1 Å². The third kappa shape index (κ3) is 1.62. The Morgan fingerprint density at radius 3 is 2.44 bits per heavy atom. The largest absolute Gasteiger partial charge is 1.00 e. The standard InChI is InChI=1S/C13H16NO.BrH/c15-13-10-14(8-4-1-5-9-14)12-7-3-2-6-11(12)13;/h2-3,6-7H,1,4-5,8-10H2;1H/q+1;/p-1. The van der Waals surface area contributed by atoms with Crippen molar-refractivity contribution in [1.29, 1.82) is 0 Å². The first kappa shape index (κ1) is 11.8. The van der Waals surface area contributed by atoms with Crippen LogP contribution in [-0.4, -0.2) is 25.4 Å². The second-order valence-electron chi connectivity index (χ2n) is 4.75. The van der Waals surface area contributed by atoms with Crippen LogP contribution < -0.4 is 21.5 Å². The molecule has 2 nitrogen and oxygen atoms in total. The number of rotatable bonds is 0. The minimum Gasteiger partial charge on any atom is -1.00 e. The average Bonchev–Trinajstić information content (AvgIpc) is 2.55. The maximum absolute atomic E-state index is 11.9. The van der Waals surface area contributed by atoms with Gasteiger partial charge in [0.2, 0.25) is 5.78 Å². The van der Waals surface area contributed by atoms with E-state index in [1.807, 2.05) is 12.1 Å². The molecule has 0 saturated carbocycles. The summed E-state index contributed by atoms with van der Waals surface area (Å²) in [5.41, 5.74) is 2.25. The van der Waals surface area contributed by atoms with Gasteiger partial charge in [0.25, 0.3) is 0 Å². The lowest BCUT2D eigenvalue weighted by Gasteiger charge is -2.37. The lowest BCUT2D eigenvalue weighted by molar-refractivity contribution is -0.0000114. The smallest absolute Gasteiger partial charge is 0.223 e. The number of Topliss-reactive ketones (excluding diaryl/α,β-unsaturated/α-hetero) is 1. The van der Waals surface area contributed by atoms with Crippen LogP contribution >= 0.6 is 0 Å². The minimum absolute atomic E-state index is 0. The summed E-state index contributed by atoms with van der Waals surface area (Å²) in [5.74, 6) is 0.340. The lowest BCUT2D eigenvalue weighted by Crippen LogP contribution is -3.00. The van der Waals surface area contributed by atoms with E-state index in [1.165, 1.54) is 24.9 Å². The number of halogens is 1. The van der Waals surface area contributed by atoms with Crippen LogP contribution in [0.15, 0.2) is 24.3 Å². The zero-order chi connectivity index (χ0) is 10.3. The fraction of sp³-hybridized carbons (Fsp3) is 0.462. The fourth-order valence-electron chi connectivity index (χ4n) is 3.08. The van der Waals surface area contributed by atoms with E-state index >= 15 is 0 Å². The Hall–Kier alpha value is -0.670. The molecule has 2 aliphatic rings. The summed E-state index contributed by atoms with van der Waals surface area (Å²) in [6.45, 7) is 3.02. The van der Waals surface area contributed by atoms with Gasteiger partial charge in [0.05, 0.1) is 18.7 Å². The first-order chi connectivity index (χ1) is 7.32. The van der Waals surface area contributed by atoms with E-state index < -0.39 is 0 Å². The zero-order valence-electron chi connectivity index (χ0n) is 9.29. The number of ketones is 1. The zero-order valence-corrected chi connectivity index (χ0v) is 10.9. The minimum atomic E-state index is 0. The van der Waals surface area contributed by atoms with Gasteiger partial charge in [0, 0.05) is 0 Å². The molecule has 3 rings (SSSR count). The molecule has 0 aliphatic carbocycles. The highest BCUT2D eigenvalue weighted by molar-refractivity contribution is 6.07. The molecule has 0 amide bonds. The number of hydrogen-bond acceptors (Lipinski definition) is 1. The van der Waals surface area contributed by atoms with Gasteiger partial charge in [-0.1, -0.05) is 12.1 Å². The van der Waals surface area contributed by atoms with Crippen molar-refractivity contribution in [3.8, 4) is 0 Å². The molecule has 1 fully saturated rings. The summed E-state index contributed by atoms with van der Waals surface area (Å²) in [4.78, 5) is 11.9. The summed E-state index contributed by atoms with van der Waals surface area (Å²) in [6.07, 6.45) is 3.86. The second kappa shape index (κ2) is 4.30. The third-order valence-electron chi connectivity index (χ3n) is 3.83. The van der Waals surface area contributed by atoms with Crippen LogP contribution in [-0.2, 0) is 0 Å². The van der Waals surface area contributed by atoms with Crippen molar-refractivity contribution in [3.05, 3.63) is 29.8 Å². The van der Waals surface area contributed by atoms with Crippen LogP contribution in [0.3, 0.4) is 0 Å². The number of carbonyl (C=O) groups is 1. The van der Waals surface area contributed by atoms with E-state index in [2.05, 4.69) is 12.1 Å². The maximum atomic E-state index is 11.9. The molecule has 16 heavy (non-hydrogen) atoms. The summed E-state index contributed by atoms with van der Waals surface area (Å²) >= 11 is 0. The molecular formula is C13H16BrNO. The molecule has 1 saturated heterocycles. The fourth-order valence-corrected chi connectivity index (χ4v) is 3.08. The Kier molecular flexibility index (Phi) is 3.17. The van der Waals surface area contributed by atoms with Gasteiger partial charge in [-0.2, -0.15) is 0 Å². The molecule has 0 atom stereocenters. The first-order valence-corrected chi connectivity index (χ1v) is 5.81. The molecule has 1 aromatic rings. The molecule has 0 unspecified atom stereocenters. The Balaban J connectivity index is 0.000000963. The van der Waals surface area contributed by atoms with Crippen LogP contribution in [0.4, 0.5) is 5.69 Å². The van der Waals surface area contributed by atoms with Crippen molar-refractivity contribution in [3.63, 3.8) is 0 Å². The molecule has 0 aromatic heterocycles. The monoisotopic (exact) mass is 281 g/mol. The highest BCUT2D eigenvalue weighted by Crippen LogP contribution is 2.37. The van der Waals surface area contributed by atoms with Crippen molar-refractivity contribution in [1.82, 2.24) is 4.48 Å². The van der Waals surface area contributed by atoms with Gasteiger partial charge < -0.3 is 17.0 Å². The van der Waals surface area contributed by atoms with Gasteiger partial charge in [-0.15, -0.1) is 0 Å². The van der Waals surface area contributed by atoms with Crippen LogP contribution in [0.1, 0.15) is 29.6 Å². The number of benzene rings is 1. The number of para-hydroxylation sites is 1. The average molecular weight is 282 g/mol. The molecule has 1 spiro atoms. The Bertz CT molecular complexity index is 410. The summed E-state index contributed by atoms with van der Waals surface area (Å²) < 4.78 is 0.939. The molecule has 1 aromatic carbocycles. The van der Waals surface area contributed by atoms with Gasteiger partial charge in [0.1, 0.15) is 12.2 Å². The van der Waals surface area contributed by atoms with Crippen LogP contribution in [0.5, 0.6) is 0 Å². The van der Waals surface area contributed by atoms with Gasteiger partial charge in [-0.3, -0.25) is 9.28 Å². The molecule has 0 bridgehead atoms. The van der Waals surface area contributed by atoms with Crippen molar-refractivity contribution in [2.45, 2.75) is 19.3 Å². The normalized spacial score (nSPS) is 21.6. The first-order valence-electron chi connectivity index (χ1n) is 5.81. The van der Waals surface area contributed by atoms with Gasteiger partial charge in [-0.25, -0.2) is 0 Å². The number of hydrogen-bond donors (Lipinski definition) is 0. The van der Waals surface area contributed by atoms with E-state index in [1.54, 1.807) is 0 Å². The van der Waals surface area contributed by atoms with Crippen LogP contribution in [0.25, 0.3) is 0 Å². The highest BCUT2D eigenvalue weighted by Gasteiger charge is 2.43. The SMILES string of the molecule is O=C1C[N+]2(CCCCC2)c2ccccc21.[Br-]. The second-order valence-corrected chi connectivity index (χ2v) is 4.75. The van der Waals surface area contributed by atoms with E-state index in [4.69, 9.17) is 0 Å². The van der Waals surface area contributed by atoms with Crippen LogP contribution in [0.2, 0.25) is 0 Å². The van der Waals surface area contributed by atoms with Crippen molar-refractivity contribution < 1.29 is 21.8 Å². The molecule has 3 heteroatoms. The predicted octanol–water partition coefficient (Wildman–Crippen LogP) is -0.622. The maximum Gasteiger partial charge on any atom is 0.223 e. The number of carbonyl (C=O) groups excluding carboxylic acids is 1. The van der Waals surface area contributed by atoms with E-state index in [-0.39, 0.29) is 17.0 Å². The predicted molar refractivity (Wildman–Crippen MR) is 61.0 cm³/mol. The number of fused-ring (bicyclic) bond motifs is 2. The van der Waals surface area contributed by atoms with E-state index in [9.17, 15) is 4.79 Å². The van der Waals surface area contributed by atoms with Crippen molar-refractivity contribution in [2.24, 2.45) is 0 Å². The lowest BCUT2D eigenvalue weighted by atomic mass is 10.1. The Labute approximate surface area is 107 Å². The number of piperidine rings is 1. The molecular weight excluding hydrogens is 266 g/mol. The van der Waals surface area contributed by atoms with Crippen molar-refractivity contribution >= 4 is 11.5 Å². The number of quaternary nitrogens is 1. The number of nitrogens with zero attached hydrogens (tertiary/aromatic N) is 1. The molecule has 86 valence electrons. The van der Waals surface area contributed by atoms with Gasteiger partial charge in [-0.05, 0) is 31.4 Å². The Morgan fingerprint density at radius 2 is 1.69 bits per heavy atom. The van der Waals surface area contributed by atoms with Crippen molar-refractivity contribution in [2.75, 3.05) is 19.6 Å². The molecule has 0 radical (unpaired) electrons. The summed E-state index contributed by atoms with van der Waals surface area (Å²) in [7, 11) is 0. The quantitative estimate of drug-likeness (QED) is 0.580. The summed E-state index contributed by atoms with van der Waals surface area (Å²) in [6, 6.07) is 8.17. The highest BCUT2D eigenvalue weighted by atomic mass is 79.9. The van der Waals surface area contributed by atoms with Gasteiger partial charge >= 0.3 is 0 Å². The Morgan fingerprint density at radius 1 is 1.00 bits per heavy atom. The molecule has 2 aliphatic heterocycles. The topological polar surface area (TPSA) is 17.1 Å². The molecule has 2 heterocycles. The van der Waals surface area contributed by atoms with Crippen LogP contribution in [0, 0.1) is 0 Å². The summed E-state index contributed by atoms with van der Waals surface area (Å²) in [5, 5.41) is 0. The third-order valence-corrected chi connectivity index (χ3v) is 3.83. The van der Waals surface area contributed by atoms with Gasteiger partial charge in [0.15, 0.2) is 0 Å².